The number of carbonyl (C=O) groups is 2. The third-order valence-electron chi connectivity index (χ3n) is 10.6. The van der Waals surface area contributed by atoms with E-state index in [1.165, 1.54) is 37.9 Å². The molecule has 0 radical (unpaired) electrons. The van der Waals surface area contributed by atoms with Crippen molar-refractivity contribution in [1.29, 1.82) is 0 Å². The minimum absolute atomic E-state index is 0.0117. The predicted octanol–water partition coefficient (Wildman–Crippen LogP) is 7.86. The van der Waals surface area contributed by atoms with Gasteiger partial charge in [0.25, 0.3) is 0 Å². The Bertz CT molecular complexity index is 1920. The number of phenolic OH excluding ortho intramolecular Hbond substituents is 1. The second-order valence-corrected chi connectivity index (χ2v) is 14.6. The summed E-state index contributed by atoms with van der Waals surface area (Å²) in [5.41, 5.74) is 5.72. The fourth-order valence-electron chi connectivity index (χ4n) is 7.68. The lowest BCUT2D eigenvalue weighted by atomic mass is 9.99. The molecule has 1 aliphatic carbocycles. The number of para-hydroxylation sites is 1. The van der Waals surface area contributed by atoms with Crippen molar-refractivity contribution in [2.45, 2.75) is 38.3 Å². The molecule has 4 aromatic rings. The first kappa shape index (κ1) is 42.5. The number of rotatable bonds is 17. The summed E-state index contributed by atoms with van der Waals surface area (Å²) in [6, 6.07) is 28.5. The average molecular weight is 776 g/mol. The molecule has 3 unspecified atom stereocenters. The standard InChI is InChI=1S/C33H46N4O4.C13H11NO2/c1-4-5-9-29-28(14-15-30(38)33(29)34-2)31(39)20-35-17-18-36(3)32(40)16-19-41-27-12-10-24(11-13-27)21-37-22-25-7-6-8-26(25)23-37;15-13(16)14-12-9-5-4-8-11(12)10-6-2-1-3-7-10/h4-5,9-15,25-26,31,34-35,38-39H,1,6-8,16-23H2,2-3H3;1-9,14H,(H,15,16)/b9-5-;. The van der Waals surface area contributed by atoms with Gasteiger partial charge >= 0.3 is 6.09 Å². The molecule has 302 valence electrons. The van der Waals surface area contributed by atoms with Crippen molar-refractivity contribution in [3.63, 3.8) is 0 Å². The second kappa shape index (κ2) is 21.6. The van der Waals surface area contributed by atoms with E-state index in [0.717, 1.165) is 35.3 Å². The van der Waals surface area contributed by atoms with Crippen LogP contribution in [0.4, 0.5) is 16.2 Å². The fourth-order valence-corrected chi connectivity index (χ4v) is 7.68. The molecule has 1 saturated heterocycles. The minimum atomic E-state index is -1.05. The van der Waals surface area contributed by atoms with E-state index in [1.807, 2.05) is 54.6 Å². The zero-order chi connectivity index (χ0) is 40.6. The van der Waals surface area contributed by atoms with E-state index < -0.39 is 12.2 Å². The molecular formula is C46H57N5O6. The highest BCUT2D eigenvalue weighted by Gasteiger charge is 2.35. The maximum atomic E-state index is 12.6. The Morgan fingerprint density at radius 2 is 1.68 bits per heavy atom. The van der Waals surface area contributed by atoms with Crippen LogP contribution in [0.1, 0.15) is 48.5 Å². The van der Waals surface area contributed by atoms with E-state index in [0.29, 0.717) is 55.2 Å². The molecule has 1 aliphatic heterocycles. The number of likely N-dealkylation sites (N-methyl/N-ethyl adjacent to an activating group) is 1. The number of benzene rings is 4. The van der Waals surface area contributed by atoms with Crippen LogP contribution in [0.15, 0.2) is 110 Å². The van der Waals surface area contributed by atoms with E-state index in [4.69, 9.17) is 9.84 Å². The second-order valence-electron chi connectivity index (χ2n) is 14.6. The third kappa shape index (κ3) is 12.4. The number of phenols is 1. The van der Waals surface area contributed by atoms with Gasteiger partial charge in [0.2, 0.25) is 5.91 Å². The highest BCUT2D eigenvalue weighted by Crippen LogP contribution is 2.38. The van der Waals surface area contributed by atoms with Gasteiger partial charge in [-0.15, -0.1) is 0 Å². The lowest BCUT2D eigenvalue weighted by Gasteiger charge is -2.20. The average Bonchev–Trinajstić information content (AvgIpc) is 3.82. The zero-order valence-electron chi connectivity index (χ0n) is 33.1. The molecule has 0 aromatic heterocycles. The molecule has 57 heavy (non-hydrogen) atoms. The monoisotopic (exact) mass is 775 g/mol. The van der Waals surface area contributed by atoms with Crippen molar-refractivity contribution in [2.24, 2.45) is 11.8 Å². The number of allylic oxidation sites excluding steroid dienone is 2. The smallest absolute Gasteiger partial charge is 0.409 e. The summed E-state index contributed by atoms with van der Waals surface area (Å²) in [7, 11) is 3.50. The Balaban J connectivity index is 0.000000322. The first-order valence-electron chi connectivity index (χ1n) is 19.7. The highest BCUT2D eigenvalue weighted by atomic mass is 16.5. The quantitative estimate of drug-likeness (QED) is 0.0359. The van der Waals surface area contributed by atoms with Gasteiger partial charge in [-0.25, -0.2) is 4.79 Å². The first-order chi connectivity index (χ1) is 27.7. The van der Waals surface area contributed by atoms with Crippen LogP contribution in [0.3, 0.4) is 0 Å². The van der Waals surface area contributed by atoms with Gasteiger partial charge in [-0.2, -0.15) is 0 Å². The van der Waals surface area contributed by atoms with Crippen molar-refractivity contribution in [3.05, 3.63) is 126 Å². The van der Waals surface area contributed by atoms with E-state index in [-0.39, 0.29) is 11.7 Å². The van der Waals surface area contributed by atoms with E-state index in [2.05, 4.69) is 39.6 Å². The van der Waals surface area contributed by atoms with Gasteiger partial charge in [0, 0.05) is 64.5 Å². The Hall–Kier alpha value is -5.62. The van der Waals surface area contributed by atoms with Crippen LogP contribution in [0, 0.1) is 11.8 Å². The van der Waals surface area contributed by atoms with E-state index >= 15 is 0 Å². The van der Waals surface area contributed by atoms with Crippen molar-refractivity contribution in [2.75, 3.05) is 64.1 Å². The number of aliphatic hydroxyl groups excluding tert-OH is 1. The molecule has 1 heterocycles. The van der Waals surface area contributed by atoms with Gasteiger partial charge in [0.05, 0.1) is 30.5 Å². The van der Waals surface area contributed by atoms with Crippen molar-refractivity contribution >= 4 is 29.5 Å². The molecule has 11 nitrogen and oxygen atoms in total. The fraction of sp³-hybridized carbons (Fsp3) is 0.348. The number of likely N-dealkylation sites (tertiary alicyclic amines) is 1. The van der Waals surface area contributed by atoms with Gasteiger partial charge in [-0.3, -0.25) is 15.0 Å². The van der Waals surface area contributed by atoms with Crippen molar-refractivity contribution in [3.8, 4) is 22.6 Å². The summed E-state index contributed by atoms with van der Waals surface area (Å²) in [6.07, 6.45) is 7.87. The van der Waals surface area contributed by atoms with Crippen LogP contribution < -0.4 is 20.7 Å². The van der Waals surface area contributed by atoms with Gasteiger partial charge in [-0.05, 0) is 65.6 Å². The zero-order valence-corrected chi connectivity index (χ0v) is 33.1. The number of carboxylic acid groups (broad SMARTS) is 1. The van der Waals surface area contributed by atoms with Crippen LogP contribution >= 0.6 is 0 Å². The normalized spacial score (nSPS) is 16.6. The van der Waals surface area contributed by atoms with E-state index in [1.54, 1.807) is 61.5 Å². The first-order valence-corrected chi connectivity index (χ1v) is 19.7. The molecule has 2 aliphatic rings. The third-order valence-corrected chi connectivity index (χ3v) is 10.6. The van der Waals surface area contributed by atoms with Crippen molar-refractivity contribution < 1.29 is 29.6 Å². The van der Waals surface area contributed by atoms with Gasteiger partial charge in [0.15, 0.2) is 0 Å². The van der Waals surface area contributed by atoms with Crippen LogP contribution in [0.2, 0.25) is 0 Å². The molecule has 3 atom stereocenters. The molecule has 11 heteroatoms. The van der Waals surface area contributed by atoms with Gasteiger partial charge in [0.1, 0.15) is 11.5 Å². The lowest BCUT2D eigenvalue weighted by Crippen LogP contribution is -2.35. The predicted molar refractivity (Wildman–Crippen MR) is 229 cm³/mol. The Labute approximate surface area is 336 Å². The molecule has 0 bridgehead atoms. The number of aromatic hydroxyl groups is 1. The highest BCUT2D eigenvalue weighted by molar-refractivity contribution is 5.90. The maximum absolute atomic E-state index is 12.6. The van der Waals surface area contributed by atoms with Crippen LogP contribution in [0.25, 0.3) is 17.2 Å². The Morgan fingerprint density at radius 3 is 2.37 bits per heavy atom. The molecule has 6 N–H and O–H groups in total. The van der Waals surface area contributed by atoms with Crippen LogP contribution in [-0.2, 0) is 11.3 Å². The topological polar surface area (TPSA) is 147 Å². The number of nitrogens with zero attached hydrogens (tertiary/aromatic N) is 2. The number of nitrogens with one attached hydrogen (secondary N) is 3. The molecular weight excluding hydrogens is 719 g/mol. The minimum Gasteiger partial charge on any atom is -0.506 e. The molecule has 2 amide bonds. The Kier molecular flexibility index (Phi) is 16.1. The number of amides is 2. The molecule has 4 aromatic carbocycles. The Morgan fingerprint density at radius 1 is 0.982 bits per heavy atom. The van der Waals surface area contributed by atoms with Gasteiger partial charge in [-0.1, -0.05) is 98.0 Å². The summed E-state index contributed by atoms with van der Waals surface area (Å²) in [5, 5.41) is 38.3. The number of ether oxygens (including phenoxy) is 1. The number of anilines is 2. The van der Waals surface area contributed by atoms with Crippen LogP contribution in [0.5, 0.6) is 11.5 Å². The molecule has 6 rings (SSSR count). The van der Waals surface area contributed by atoms with Crippen LogP contribution in [-0.4, -0.2) is 90.5 Å². The SMILES string of the molecule is C=C/C=C\c1c(C(O)CNCCN(C)C(=O)CCOc2ccc(CN3CC4CCCC4C3)cc2)ccc(O)c1NC.O=C(O)Nc1ccccc1-c1ccccc1. The molecule has 1 saturated carbocycles. The number of fused-ring (bicyclic) bond motifs is 1. The summed E-state index contributed by atoms with van der Waals surface area (Å²) < 4.78 is 5.84. The largest absolute Gasteiger partial charge is 0.506 e. The number of aliphatic hydroxyl groups is 1. The lowest BCUT2D eigenvalue weighted by molar-refractivity contribution is -0.130. The number of carbonyl (C=O) groups excluding carboxylic acids is 1. The molecule has 2 fully saturated rings. The summed E-state index contributed by atoms with van der Waals surface area (Å²) >= 11 is 0. The summed E-state index contributed by atoms with van der Waals surface area (Å²) in [4.78, 5) is 27.5. The summed E-state index contributed by atoms with van der Waals surface area (Å²) in [6.45, 7) is 8.86. The number of hydrogen-bond donors (Lipinski definition) is 6. The van der Waals surface area contributed by atoms with Gasteiger partial charge < -0.3 is 35.6 Å². The number of hydrogen-bond acceptors (Lipinski definition) is 8. The summed E-state index contributed by atoms with van der Waals surface area (Å²) in [5.74, 6) is 2.73. The van der Waals surface area contributed by atoms with Crippen molar-refractivity contribution in [1.82, 2.24) is 15.1 Å². The van der Waals surface area contributed by atoms with E-state index in [9.17, 15) is 19.8 Å². The maximum Gasteiger partial charge on any atom is 0.409 e. The molecule has 0 spiro atoms.